The molecule has 0 saturated carbocycles. The van der Waals surface area contributed by atoms with Gasteiger partial charge in [-0.3, -0.25) is 0 Å². The second-order valence-electron chi connectivity index (χ2n) is 5.80. The van der Waals surface area contributed by atoms with E-state index in [1.807, 2.05) is 12.2 Å². The van der Waals surface area contributed by atoms with Gasteiger partial charge in [0.05, 0.1) is 6.61 Å². The second kappa shape index (κ2) is 5.86. The first-order chi connectivity index (χ1) is 7.91. The smallest absolute Gasteiger partial charge is 0.200 e. The molecular weight excluding hydrogens is 224 g/mol. The molecule has 0 unspecified atom stereocenters. The average Bonchev–Trinajstić information content (AvgIpc) is 2.69. The molecule has 1 aliphatic rings. The van der Waals surface area contributed by atoms with Crippen molar-refractivity contribution < 1.29 is 4.43 Å². The van der Waals surface area contributed by atoms with Gasteiger partial charge in [0.25, 0.3) is 0 Å². The quantitative estimate of drug-likeness (QED) is 0.484. The summed E-state index contributed by atoms with van der Waals surface area (Å²) in [6.45, 7) is 14.7. The molecule has 0 spiro atoms. The molecule has 0 fully saturated rings. The number of hydrogen-bond donors (Lipinski definition) is 0. The van der Waals surface area contributed by atoms with Crippen molar-refractivity contribution in [3.63, 3.8) is 0 Å². The van der Waals surface area contributed by atoms with Crippen molar-refractivity contribution in [1.82, 2.24) is 0 Å². The van der Waals surface area contributed by atoms with Gasteiger partial charge in [0.1, 0.15) is 0 Å². The average molecular weight is 250 g/mol. The largest absolute Gasteiger partial charge is 0.411 e. The predicted molar refractivity (Wildman–Crippen MR) is 77.7 cm³/mol. The number of hydrogen-bond acceptors (Lipinski definition) is 1. The Labute approximate surface area is 107 Å². The molecule has 2 heteroatoms. The zero-order valence-electron chi connectivity index (χ0n) is 12.1. The molecule has 0 amide bonds. The Morgan fingerprint density at radius 1 is 1.06 bits per heavy atom. The summed E-state index contributed by atoms with van der Waals surface area (Å²) >= 11 is 0. The molecule has 0 aromatic rings. The van der Waals surface area contributed by atoms with E-state index in [0.29, 0.717) is 16.6 Å². The van der Waals surface area contributed by atoms with Crippen molar-refractivity contribution >= 4 is 8.32 Å². The summed E-state index contributed by atoms with van der Waals surface area (Å²) in [6, 6.07) is 0. The summed E-state index contributed by atoms with van der Waals surface area (Å²) in [7, 11) is -1.70. The molecule has 0 heterocycles. The molecule has 1 aliphatic carbocycles. The molecule has 1 rings (SSSR count). The lowest BCUT2D eigenvalue weighted by molar-refractivity contribution is 0.310. The summed E-state index contributed by atoms with van der Waals surface area (Å²) in [6.07, 6.45) is 6.09. The molecular formula is C15H26OSi. The van der Waals surface area contributed by atoms with Gasteiger partial charge in [-0.1, -0.05) is 47.6 Å². The van der Waals surface area contributed by atoms with Crippen LogP contribution in [0.5, 0.6) is 0 Å². The second-order valence-corrected chi connectivity index (χ2v) is 11.3. The van der Waals surface area contributed by atoms with Crippen molar-refractivity contribution in [1.29, 1.82) is 0 Å². The van der Waals surface area contributed by atoms with Gasteiger partial charge >= 0.3 is 0 Å². The number of rotatable bonds is 6. The Balaban J connectivity index is 2.82. The first-order valence-electron chi connectivity index (χ1n) is 6.67. The van der Waals surface area contributed by atoms with E-state index in [9.17, 15) is 0 Å². The van der Waals surface area contributed by atoms with E-state index >= 15 is 0 Å². The van der Waals surface area contributed by atoms with Crippen molar-refractivity contribution in [3.05, 3.63) is 29.5 Å². The van der Waals surface area contributed by atoms with E-state index < -0.39 is 8.32 Å². The molecule has 0 atom stereocenters. The van der Waals surface area contributed by atoms with Crippen LogP contribution in [-0.4, -0.2) is 14.9 Å². The zero-order valence-corrected chi connectivity index (χ0v) is 13.1. The zero-order chi connectivity index (χ0) is 13.1. The van der Waals surface area contributed by atoms with Crippen LogP contribution < -0.4 is 0 Å². The molecule has 0 aromatic heterocycles. The molecule has 0 aromatic carbocycles. The van der Waals surface area contributed by atoms with Gasteiger partial charge in [-0.2, -0.15) is 0 Å². The third-order valence-electron chi connectivity index (χ3n) is 3.85. The molecule has 0 bridgehead atoms. The maximum atomic E-state index is 6.47. The summed E-state index contributed by atoms with van der Waals surface area (Å²) in [5.74, 6) is 0. The third kappa shape index (κ3) is 3.01. The van der Waals surface area contributed by atoms with Crippen LogP contribution in [0, 0.1) is 0 Å². The minimum absolute atomic E-state index is 0.650. The van der Waals surface area contributed by atoms with Crippen LogP contribution in [-0.2, 0) is 4.43 Å². The minimum atomic E-state index is -1.70. The molecule has 1 nitrogen and oxygen atoms in total. The van der Waals surface area contributed by atoms with E-state index in [4.69, 9.17) is 4.43 Å². The lowest BCUT2D eigenvalue weighted by Gasteiger charge is -2.42. The topological polar surface area (TPSA) is 9.23 Å². The molecule has 0 N–H and O–H groups in total. The van der Waals surface area contributed by atoms with Gasteiger partial charge in [-0.15, -0.1) is 5.73 Å². The van der Waals surface area contributed by atoms with E-state index in [1.54, 1.807) is 0 Å². The summed E-state index contributed by atoms with van der Waals surface area (Å²) in [5, 5.41) is 0. The van der Waals surface area contributed by atoms with E-state index in [0.717, 1.165) is 6.61 Å². The Bertz CT molecular complexity index is 322. The van der Waals surface area contributed by atoms with Crippen LogP contribution in [0.15, 0.2) is 29.5 Å². The van der Waals surface area contributed by atoms with Crippen molar-refractivity contribution in [3.8, 4) is 0 Å². The molecule has 96 valence electrons. The van der Waals surface area contributed by atoms with Gasteiger partial charge in [0, 0.05) is 5.57 Å². The predicted octanol–water partition coefficient (Wildman–Crippen LogP) is 4.83. The Kier molecular flexibility index (Phi) is 5.00. The van der Waals surface area contributed by atoms with Gasteiger partial charge in [0.2, 0.25) is 8.32 Å². The van der Waals surface area contributed by atoms with E-state index in [1.165, 1.54) is 5.57 Å². The highest BCUT2D eigenvalue weighted by Crippen LogP contribution is 2.42. The highest BCUT2D eigenvalue weighted by atomic mass is 28.4. The van der Waals surface area contributed by atoms with Crippen molar-refractivity contribution in [2.75, 3.05) is 6.61 Å². The monoisotopic (exact) mass is 250 g/mol. The lowest BCUT2D eigenvalue weighted by Crippen LogP contribution is -2.48. The van der Waals surface area contributed by atoms with Crippen molar-refractivity contribution in [2.45, 2.75) is 58.2 Å². The van der Waals surface area contributed by atoms with Crippen LogP contribution in [0.4, 0.5) is 0 Å². The van der Waals surface area contributed by atoms with Crippen LogP contribution >= 0.6 is 0 Å². The molecule has 0 saturated heterocycles. The fourth-order valence-electron chi connectivity index (χ4n) is 3.16. The summed E-state index contributed by atoms with van der Waals surface area (Å²) in [4.78, 5) is 0. The van der Waals surface area contributed by atoms with Gasteiger partial charge < -0.3 is 4.43 Å². The Hall–Kier alpha value is -0.563. The number of allylic oxidation sites excluding steroid dienone is 1. The standard InChI is InChI=1S/C15H26OSi/c1-12(2)17(13(3)4,14(5)6)16-11-15-9-7-8-10-15/h7-9,12-14H,11H2,1-6H3. The van der Waals surface area contributed by atoms with E-state index in [2.05, 4.69) is 53.3 Å². The van der Waals surface area contributed by atoms with Crippen LogP contribution in [0.1, 0.15) is 41.5 Å². The maximum Gasteiger partial charge on any atom is 0.200 e. The van der Waals surface area contributed by atoms with Gasteiger partial charge in [-0.25, -0.2) is 0 Å². The summed E-state index contributed by atoms with van der Waals surface area (Å²) < 4.78 is 6.47. The highest BCUT2D eigenvalue weighted by Gasteiger charge is 2.44. The Morgan fingerprint density at radius 2 is 1.59 bits per heavy atom. The molecule has 17 heavy (non-hydrogen) atoms. The normalized spacial score (nSPS) is 15.5. The first kappa shape index (κ1) is 14.5. The van der Waals surface area contributed by atoms with Gasteiger partial charge in [0.15, 0.2) is 0 Å². The minimum Gasteiger partial charge on any atom is -0.411 e. The summed E-state index contributed by atoms with van der Waals surface area (Å²) in [5.41, 5.74) is 6.36. The third-order valence-corrected chi connectivity index (χ3v) is 9.91. The fraction of sp³-hybridized carbons (Fsp3) is 0.667. The molecule has 0 aliphatic heterocycles. The highest BCUT2D eigenvalue weighted by molar-refractivity contribution is 6.77. The SMILES string of the molecule is CC(C)[Si](OCC1=C=CC=C1)(C(C)C)C(C)C. The van der Waals surface area contributed by atoms with Gasteiger partial charge in [-0.05, 0) is 28.8 Å². The van der Waals surface area contributed by atoms with Crippen molar-refractivity contribution in [2.24, 2.45) is 0 Å². The maximum absolute atomic E-state index is 6.47. The first-order valence-corrected chi connectivity index (χ1v) is 8.81. The van der Waals surface area contributed by atoms with Crippen LogP contribution in [0.3, 0.4) is 0 Å². The van der Waals surface area contributed by atoms with E-state index in [-0.39, 0.29) is 0 Å². The lowest BCUT2D eigenvalue weighted by atomic mass is 10.3. The Morgan fingerprint density at radius 3 is 1.94 bits per heavy atom. The fourth-order valence-corrected chi connectivity index (χ4v) is 8.57. The van der Waals surface area contributed by atoms with Crippen LogP contribution in [0.25, 0.3) is 0 Å². The molecule has 0 radical (unpaired) electrons. The van der Waals surface area contributed by atoms with Crippen LogP contribution in [0.2, 0.25) is 16.6 Å².